The summed E-state index contributed by atoms with van der Waals surface area (Å²) in [4.78, 5) is 31.2. The summed E-state index contributed by atoms with van der Waals surface area (Å²) in [5, 5.41) is 16.8. The summed E-state index contributed by atoms with van der Waals surface area (Å²) in [6, 6.07) is 7.42. The van der Waals surface area contributed by atoms with Gasteiger partial charge >= 0.3 is 0 Å². The standard InChI is InChI=1S/C21H29N5O3/c1-2-18-23-14-6-3-4-8-16(14)26(18)13-20(28)24-15-7-5-9-17(21(15)29)25-11-10-22-19(27)12-25/h3-4,6,8,15,17,21,29H,2,5,7,9-13H2,1H3,(H,22,27)(H,24,28)/t15-,17-,21-/m1/s1. The first-order valence-electron chi connectivity index (χ1n) is 10.5. The van der Waals surface area contributed by atoms with Gasteiger partial charge in [0.25, 0.3) is 0 Å². The van der Waals surface area contributed by atoms with E-state index in [0.29, 0.717) is 13.1 Å². The zero-order valence-corrected chi connectivity index (χ0v) is 16.8. The Hall–Kier alpha value is -2.45. The minimum Gasteiger partial charge on any atom is -0.389 e. The number of aryl methyl sites for hydroxylation is 1. The highest BCUT2D eigenvalue weighted by Gasteiger charge is 2.37. The Kier molecular flexibility index (Phi) is 5.82. The van der Waals surface area contributed by atoms with Crippen molar-refractivity contribution in [2.45, 2.75) is 57.3 Å². The van der Waals surface area contributed by atoms with E-state index in [1.54, 1.807) is 0 Å². The van der Waals surface area contributed by atoms with Gasteiger partial charge in [0, 0.05) is 25.6 Å². The van der Waals surface area contributed by atoms with E-state index in [0.717, 1.165) is 49.1 Å². The third-order valence-electron chi connectivity index (χ3n) is 6.06. The summed E-state index contributed by atoms with van der Waals surface area (Å²) in [7, 11) is 0. The van der Waals surface area contributed by atoms with E-state index in [-0.39, 0.29) is 30.4 Å². The first-order chi connectivity index (χ1) is 14.1. The number of hydrogen-bond donors (Lipinski definition) is 3. The molecule has 1 aromatic heterocycles. The Bertz CT molecular complexity index is 896. The van der Waals surface area contributed by atoms with Crippen LogP contribution in [0.5, 0.6) is 0 Å². The number of amides is 2. The number of nitrogens with zero attached hydrogens (tertiary/aromatic N) is 3. The summed E-state index contributed by atoms with van der Waals surface area (Å²) < 4.78 is 1.95. The van der Waals surface area contributed by atoms with Gasteiger partial charge in [-0.25, -0.2) is 4.98 Å². The molecule has 1 saturated heterocycles. The zero-order valence-electron chi connectivity index (χ0n) is 16.8. The first-order valence-corrected chi connectivity index (χ1v) is 10.5. The molecule has 1 aliphatic carbocycles. The third-order valence-corrected chi connectivity index (χ3v) is 6.06. The van der Waals surface area contributed by atoms with E-state index >= 15 is 0 Å². The molecule has 3 N–H and O–H groups in total. The van der Waals surface area contributed by atoms with Crippen LogP contribution in [0.2, 0.25) is 0 Å². The summed E-state index contributed by atoms with van der Waals surface area (Å²) >= 11 is 0. The molecule has 8 heteroatoms. The van der Waals surface area contributed by atoms with Gasteiger partial charge in [-0.2, -0.15) is 0 Å². The molecule has 0 bridgehead atoms. The number of nitrogens with one attached hydrogen (secondary N) is 2. The number of fused-ring (bicyclic) bond motifs is 1. The van der Waals surface area contributed by atoms with E-state index < -0.39 is 6.10 Å². The average molecular weight is 399 g/mol. The molecular formula is C21H29N5O3. The molecule has 4 rings (SSSR count). The predicted octanol–water partition coefficient (Wildman–Crippen LogP) is 0.429. The van der Waals surface area contributed by atoms with Gasteiger partial charge in [0.2, 0.25) is 11.8 Å². The van der Waals surface area contributed by atoms with Crippen molar-refractivity contribution in [3.05, 3.63) is 30.1 Å². The molecule has 2 aromatic rings. The Morgan fingerprint density at radius 2 is 2.17 bits per heavy atom. The number of hydrogen-bond acceptors (Lipinski definition) is 5. The van der Waals surface area contributed by atoms with Crippen LogP contribution in [0.1, 0.15) is 32.0 Å². The number of benzene rings is 1. The molecule has 0 spiro atoms. The van der Waals surface area contributed by atoms with E-state index in [9.17, 15) is 14.7 Å². The second kappa shape index (κ2) is 8.51. The Morgan fingerprint density at radius 3 is 2.97 bits per heavy atom. The van der Waals surface area contributed by atoms with Crippen LogP contribution in [0, 0.1) is 0 Å². The highest BCUT2D eigenvalue weighted by molar-refractivity contribution is 5.81. The van der Waals surface area contributed by atoms with Crippen LogP contribution >= 0.6 is 0 Å². The van der Waals surface area contributed by atoms with Crippen molar-refractivity contribution in [2.75, 3.05) is 19.6 Å². The predicted molar refractivity (Wildman–Crippen MR) is 109 cm³/mol. The molecule has 0 radical (unpaired) electrons. The molecule has 2 amide bonds. The van der Waals surface area contributed by atoms with Crippen molar-refractivity contribution < 1.29 is 14.7 Å². The molecule has 3 atom stereocenters. The van der Waals surface area contributed by atoms with Crippen molar-refractivity contribution in [1.29, 1.82) is 0 Å². The van der Waals surface area contributed by atoms with Crippen LogP contribution in [0.4, 0.5) is 0 Å². The first kappa shape index (κ1) is 19.8. The largest absolute Gasteiger partial charge is 0.389 e. The van der Waals surface area contributed by atoms with E-state index in [1.807, 2.05) is 40.7 Å². The van der Waals surface area contributed by atoms with Crippen LogP contribution in [-0.4, -0.2) is 69.2 Å². The minimum atomic E-state index is -0.677. The van der Waals surface area contributed by atoms with Crippen LogP contribution in [-0.2, 0) is 22.6 Å². The number of para-hydroxylation sites is 2. The molecule has 1 aromatic carbocycles. The van der Waals surface area contributed by atoms with Crippen molar-refractivity contribution >= 4 is 22.8 Å². The van der Waals surface area contributed by atoms with Gasteiger partial charge < -0.3 is 20.3 Å². The lowest BCUT2D eigenvalue weighted by molar-refractivity contribution is -0.129. The molecule has 2 aliphatic rings. The number of piperazine rings is 1. The summed E-state index contributed by atoms with van der Waals surface area (Å²) in [5.74, 6) is 0.750. The number of imidazole rings is 1. The van der Waals surface area contributed by atoms with E-state index in [4.69, 9.17) is 0 Å². The highest BCUT2D eigenvalue weighted by Crippen LogP contribution is 2.24. The van der Waals surface area contributed by atoms with Gasteiger partial charge in [0.15, 0.2) is 0 Å². The lowest BCUT2D eigenvalue weighted by Crippen LogP contribution is -2.61. The molecule has 2 fully saturated rings. The van der Waals surface area contributed by atoms with Gasteiger partial charge in [-0.3, -0.25) is 14.5 Å². The van der Waals surface area contributed by atoms with Crippen molar-refractivity contribution in [1.82, 2.24) is 25.1 Å². The number of aliphatic hydroxyl groups is 1. The Labute approximate surface area is 170 Å². The summed E-state index contributed by atoms with van der Waals surface area (Å²) in [6.07, 6.45) is 2.57. The van der Waals surface area contributed by atoms with Gasteiger partial charge in [-0.05, 0) is 31.4 Å². The average Bonchev–Trinajstić information content (AvgIpc) is 3.07. The summed E-state index contributed by atoms with van der Waals surface area (Å²) in [6.45, 7) is 3.86. The smallest absolute Gasteiger partial charge is 0.240 e. The zero-order chi connectivity index (χ0) is 20.4. The fourth-order valence-corrected chi connectivity index (χ4v) is 4.62. The minimum absolute atomic E-state index is 0.00584. The monoisotopic (exact) mass is 399 g/mol. The van der Waals surface area contributed by atoms with Crippen molar-refractivity contribution in [3.63, 3.8) is 0 Å². The number of carbonyl (C=O) groups is 2. The lowest BCUT2D eigenvalue weighted by atomic mass is 9.86. The second-order valence-corrected chi connectivity index (χ2v) is 7.94. The SMILES string of the molecule is CCc1nc2ccccc2n1CC(=O)N[C@@H]1CCC[C@@H](N2CCNC(=O)C2)[C@@H]1O. The topological polar surface area (TPSA) is 99.5 Å². The van der Waals surface area contributed by atoms with Gasteiger partial charge in [-0.15, -0.1) is 0 Å². The van der Waals surface area contributed by atoms with Crippen LogP contribution in [0.25, 0.3) is 11.0 Å². The Morgan fingerprint density at radius 1 is 1.34 bits per heavy atom. The maximum atomic E-state index is 12.8. The Balaban J connectivity index is 1.44. The quantitative estimate of drug-likeness (QED) is 0.677. The molecule has 1 saturated carbocycles. The molecule has 156 valence electrons. The number of aliphatic hydroxyl groups excluding tert-OH is 1. The van der Waals surface area contributed by atoms with Crippen LogP contribution < -0.4 is 10.6 Å². The molecule has 29 heavy (non-hydrogen) atoms. The van der Waals surface area contributed by atoms with E-state index in [2.05, 4.69) is 15.6 Å². The van der Waals surface area contributed by atoms with E-state index in [1.165, 1.54) is 0 Å². The molecule has 8 nitrogen and oxygen atoms in total. The van der Waals surface area contributed by atoms with Gasteiger partial charge in [0.05, 0.1) is 29.7 Å². The maximum Gasteiger partial charge on any atom is 0.240 e. The number of rotatable bonds is 5. The molecular weight excluding hydrogens is 370 g/mol. The molecule has 1 aliphatic heterocycles. The maximum absolute atomic E-state index is 12.8. The normalized spacial score (nSPS) is 25.7. The van der Waals surface area contributed by atoms with Gasteiger partial charge in [0.1, 0.15) is 12.4 Å². The summed E-state index contributed by atoms with van der Waals surface area (Å²) in [5.41, 5.74) is 1.83. The lowest BCUT2D eigenvalue weighted by Gasteiger charge is -2.42. The van der Waals surface area contributed by atoms with Crippen LogP contribution in [0.15, 0.2) is 24.3 Å². The molecule has 2 heterocycles. The highest BCUT2D eigenvalue weighted by atomic mass is 16.3. The van der Waals surface area contributed by atoms with Crippen molar-refractivity contribution in [2.24, 2.45) is 0 Å². The second-order valence-electron chi connectivity index (χ2n) is 7.94. The third kappa shape index (κ3) is 4.13. The van der Waals surface area contributed by atoms with Crippen molar-refractivity contribution in [3.8, 4) is 0 Å². The fourth-order valence-electron chi connectivity index (χ4n) is 4.62. The number of carbonyl (C=O) groups excluding carboxylic acids is 2. The van der Waals surface area contributed by atoms with Gasteiger partial charge in [-0.1, -0.05) is 19.1 Å². The number of aromatic nitrogens is 2. The van der Waals surface area contributed by atoms with Crippen LogP contribution in [0.3, 0.4) is 0 Å². The fraction of sp³-hybridized carbons (Fsp3) is 0.571. The molecule has 0 unspecified atom stereocenters.